The van der Waals surface area contributed by atoms with Crippen molar-refractivity contribution >= 4 is 21.6 Å². The third kappa shape index (κ3) is 3.58. The topological polar surface area (TPSA) is 66.4 Å². The summed E-state index contributed by atoms with van der Waals surface area (Å²) in [6, 6.07) is 13.0. The fourth-order valence-electron chi connectivity index (χ4n) is 2.93. The molecule has 2 aromatic rings. The Labute approximate surface area is 141 Å². The van der Waals surface area contributed by atoms with Gasteiger partial charge in [-0.25, -0.2) is 13.1 Å². The minimum atomic E-state index is -3.74. The fraction of sp³-hybridized carbons (Fsp3) is 0.294. The molecule has 1 aliphatic rings. The lowest BCUT2D eigenvalue weighted by molar-refractivity contribution is 0.129. The summed E-state index contributed by atoms with van der Waals surface area (Å²) in [7, 11) is -3.74. The average Bonchev–Trinajstić information content (AvgIpc) is 2.68. The van der Waals surface area contributed by atoms with Gasteiger partial charge in [0.05, 0.1) is 17.0 Å². The first kappa shape index (κ1) is 16.5. The van der Waals surface area contributed by atoms with Gasteiger partial charge < -0.3 is 5.11 Å². The lowest BCUT2D eigenvalue weighted by Gasteiger charge is -2.23. The summed E-state index contributed by atoms with van der Waals surface area (Å²) in [6.45, 7) is 0. The summed E-state index contributed by atoms with van der Waals surface area (Å²) in [5, 5.41) is 10.9. The van der Waals surface area contributed by atoms with Crippen LogP contribution in [0.25, 0.3) is 0 Å². The molecule has 0 bridgehead atoms. The second-order valence-corrected chi connectivity index (χ2v) is 7.86. The number of sulfonamides is 1. The molecule has 122 valence electrons. The van der Waals surface area contributed by atoms with Gasteiger partial charge in [0, 0.05) is 5.02 Å². The number of halogens is 1. The largest absolute Gasteiger partial charge is 0.391 e. The number of hydrogen-bond acceptors (Lipinski definition) is 3. The highest BCUT2D eigenvalue weighted by Crippen LogP contribution is 2.30. The fourth-order valence-corrected chi connectivity index (χ4v) is 4.31. The summed E-state index contributed by atoms with van der Waals surface area (Å²) in [5.41, 5.74) is 1.92. The Hall–Kier alpha value is -1.40. The van der Waals surface area contributed by atoms with Gasteiger partial charge in [0.1, 0.15) is 0 Å². The first-order chi connectivity index (χ1) is 11.0. The third-order valence-electron chi connectivity index (χ3n) is 4.13. The lowest BCUT2D eigenvalue weighted by Crippen LogP contribution is -2.36. The standard InChI is InChI=1S/C17H18ClNO3S/c18-13-8-10-14(11-9-13)23(21,22)19-17-15-6-2-1-4-12(15)5-3-7-16(17)20/h1-2,4,6,8-11,16-17,19-20H,3,5,7H2/t16-,17-/m0/s1. The van der Waals surface area contributed by atoms with Gasteiger partial charge in [0.25, 0.3) is 0 Å². The zero-order valence-corrected chi connectivity index (χ0v) is 14.0. The van der Waals surface area contributed by atoms with Crippen molar-refractivity contribution in [1.82, 2.24) is 4.72 Å². The number of aryl methyl sites for hydroxylation is 1. The monoisotopic (exact) mass is 351 g/mol. The number of benzene rings is 2. The van der Waals surface area contributed by atoms with Crippen molar-refractivity contribution in [3.63, 3.8) is 0 Å². The highest BCUT2D eigenvalue weighted by molar-refractivity contribution is 7.89. The minimum Gasteiger partial charge on any atom is -0.391 e. The van der Waals surface area contributed by atoms with E-state index in [-0.39, 0.29) is 4.90 Å². The van der Waals surface area contributed by atoms with E-state index in [0.29, 0.717) is 11.4 Å². The van der Waals surface area contributed by atoms with Crippen LogP contribution in [0.2, 0.25) is 5.02 Å². The van der Waals surface area contributed by atoms with E-state index in [1.54, 1.807) is 0 Å². The number of aliphatic hydroxyl groups excluding tert-OH is 1. The zero-order valence-electron chi connectivity index (χ0n) is 12.4. The molecular weight excluding hydrogens is 334 g/mol. The van der Waals surface area contributed by atoms with Crippen LogP contribution >= 0.6 is 11.6 Å². The Morgan fingerprint density at radius 3 is 2.52 bits per heavy atom. The van der Waals surface area contributed by atoms with Crippen molar-refractivity contribution in [2.45, 2.75) is 36.3 Å². The van der Waals surface area contributed by atoms with E-state index in [1.165, 1.54) is 24.3 Å². The van der Waals surface area contributed by atoms with E-state index >= 15 is 0 Å². The van der Waals surface area contributed by atoms with E-state index in [9.17, 15) is 13.5 Å². The van der Waals surface area contributed by atoms with Crippen LogP contribution in [0.15, 0.2) is 53.4 Å². The molecule has 0 radical (unpaired) electrons. The quantitative estimate of drug-likeness (QED) is 0.835. The highest BCUT2D eigenvalue weighted by atomic mass is 35.5. The van der Waals surface area contributed by atoms with Crippen molar-refractivity contribution in [1.29, 1.82) is 0 Å². The Morgan fingerprint density at radius 2 is 1.78 bits per heavy atom. The predicted octanol–water partition coefficient (Wildman–Crippen LogP) is 3.06. The molecule has 0 amide bonds. The molecule has 6 heteroatoms. The van der Waals surface area contributed by atoms with Crippen LogP contribution in [-0.4, -0.2) is 19.6 Å². The van der Waals surface area contributed by atoms with Gasteiger partial charge in [0.2, 0.25) is 10.0 Å². The Kier molecular flexibility index (Phi) is 4.73. The van der Waals surface area contributed by atoms with Gasteiger partial charge in [0.15, 0.2) is 0 Å². The van der Waals surface area contributed by atoms with Crippen molar-refractivity contribution in [3.05, 3.63) is 64.7 Å². The molecule has 0 aromatic heterocycles. The van der Waals surface area contributed by atoms with E-state index in [2.05, 4.69) is 4.72 Å². The van der Waals surface area contributed by atoms with E-state index in [1.807, 2.05) is 24.3 Å². The summed E-state index contributed by atoms with van der Waals surface area (Å²) in [5.74, 6) is 0. The van der Waals surface area contributed by atoms with Gasteiger partial charge >= 0.3 is 0 Å². The predicted molar refractivity (Wildman–Crippen MR) is 89.9 cm³/mol. The summed E-state index contributed by atoms with van der Waals surface area (Å²) in [6.07, 6.45) is 1.48. The number of aliphatic hydroxyl groups is 1. The zero-order chi connectivity index (χ0) is 16.4. The first-order valence-electron chi connectivity index (χ1n) is 7.51. The van der Waals surface area contributed by atoms with Crippen LogP contribution in [0.4, 0.5) is 0 Å². The van der Waals surface area contributed by atoms with Crippen molar-refractivity contribution in [2.75, 3.05) is 0 Å². The molecular formula is C17H18ClNO3S. The summed E-state index contributed by atoms with van der Waals surface area (Å²) >= 11 is 5.81. The molecule has 23 heavy (non-hydrogen) atoms. The Balaban J connectivity index is 1.95. The van der Waals surface area contributed by atoms with Crippen molar-refractivity contribution < 1.29 is 13.5 Å². The van der Waals surface area contributed by atoms with Gasteiger partial charge in [-0.1, -0.05) is 35.9 Å². The molecule has 2 atom stereocenters. The van der Waals surface area contributed by atoms with Gasteiger partial charge in [-0.05, 0) is 54.7 Å². The summed E-state index contributed by atoms with van der Waals surface area (Å²) in [4.78, 5) is 0.135. The average molecular weight is 352 g/mol. The van der Waals surface area contributed by atoms with E-state index in [4.69, 9.17) is 11.6 Å². The van der Waals surface area contributed by atoms with E-state index < -0.39 is 22.2 Å². The SMILES string of the molecule is O=S(=O)(N[C@H]1c2ccccc2CCC[C@@H]1O)c1ccc(Cl)cc1. The molecule has 0 heterocycles. The van der Waals surface area contributed by atoms with Crippen LogP contribution in [0.3, 0.4) is 0 Å². The second-order valence-electron chi connectivity index (χ2n) is 5.71. The molecule has 3 rings (SSSR count). The van der Waals surface area contributed by atoms with Gasteiger partial charge in [-0.15, -0.1) is 0 Å². The molecule has 0 fully saturated rings. The van der Waals surface area contributed by atoms with E-state index in [0.717, 1.165) is 24.0 Å². The molecule has 0 aliphatic heterocycles. The Bertz CT molecular complexity index is 790. The highest BCUT2D eigenvalue weighted by Gasteiger charge is 2.30. The first-order valence-corrected chi connectivity index (χ1v) is 9.37. The minimum absolute atomic E-state index is 0.135. The molecule has 0 spiro atoms. The lowest BCUT2D eigenvalue weighted by atomic mass is 9.99. The van der Waals surface area contributed by atoms with Crippen LogP contribution in [0, 0.1) is 0 Å². The maximum Gasteiger partial charge on any atom is 0.241 e. The number of rotatable bonds is 3. The Morgan fingerprint density at radius 1 is 1.09 bits per heavy atom. The molecule has 2 aromatic carbocycles. The normalized spacial score (nSPS) is 21.5. The maximum atomic E-state index is 12.6. The molecule has 0 unspecified atom stereocenters. The molecule has 4 nitrogen and oxygen atoms in total. The number of fused-ring (bicyclic) bond motifs is 1. The van der Waals surface area contributed by atoms with Crippen LogP contribution in [-0.2, 0) is 16.4 Å². The molecule has 2 N–H and O–H groups in total. The smallest absolute Gasteiger partial charge is 0.241 e. The van der Waals surface area contributed by atoms with Crippen molar-refractivity contribution in [3.8, 4) is 0 Å². The second kappa shape index (κ2) is 6.61. The summed E-state index contributed by atoms with van der Waals surface area (Å²) < 4.78 is 27.9. The number of nitrogens with one attached hydrogen (secondary N) is 1. The van der Waals surface area contributed by atoms with Crippen LogP contribution in [0.5, 0.6) is 0 Å². The van der Waals surface area contributed by atoms with Gasteiger partial charge in [-0.2, -0.15) is 0 Å². The maximum absolute atomic E-state index is 12.6. The van der Waals surface area contributed by atoms with Crippen LogP contribution < -0.4 is 4.72 Å². The molecule has 1 aliphatic carbocycles. The number of hydrogen-bond donors (Lipinski definition) is 2. The molecule has 0 saturated heterocycles. The van der Waals surface area contributed by atoms with Crippen molar-refractivity contribution in [2.24, 2.45) is 0 Å². The van der Waals surface area contributed by atoms with Gasteiger partial charge in [-0.3, -0.25) is 0 Å². The third-order valence-corrected chi connectivity index (χ3v) is 5.84. The van der Waals surface area contributed by atoms with Crippen LogP contribution in [0.1, 0.15) is 30.0 Å². The molecule has 0 saturated carbocycles.